The normalized spacial score (nSPS) is 16.8. The molecule has 1 rings (SSSR count). The molecule has 0 bridgehead atoms. The van der Waals surface area contributed by atoms with Crippen LogP contribution in [0.5, 0.6) is 0 Å². The Hall–Kier alpha value is -0.870. The Bertz CT molecular complexity index is 337. The van der Waals surface area contributed by atoms with Crippen molar-refractivity contribution in [3.05, 3.63) is 18.0 Å². The van der Waals surface area contributed by atoms with Gasteiger partial charge in [0.15, 0.2) is 0 Å². The minimum Gasteiger partial charge on any atom is -0.374 e. The average Bonchev–Trinajstić information content (AvgIpc) is 2.72. The second-order valence-electron chi connectivity index (χ2n) is 4.77. The summed E-state index contributed by atoms with van der Waals surface area (Å²) in [6, 6.07) is 0.0626. The van der Waals surface area contributed by atoms with Gasteiger partial charge in [-0.2, -0.15) is 5.10 Å². The molecule has 2 atom stereocenters. The first-order valence-electron chi connectivity index (χ1n) is 6.39. The van der Waals surface area contributed by atoms with E-state index >= 15 is 0 Å². The van der Waals surface area contributed by atoms with Gasteiger partial charge < -0.3 is 10.5 Å². The van der Waals surface area contributed by atoms with E-state index in [1.165, 1.54) is 5.56 Å². The SMILES string of the molecule is CCOC(C)(CC)C(N)CCc1cnn(C)c1. The van der Waals surface area contributed by atoms with Gasteiger partial charge in [-0.1, -0.05) is 6.92 Å². The quantitative estimate of drug-likeness (QED) is 0.790. The first-order chi connectivity index (χ1) is 8.01. The predicted octanol–water partition coefficient (Wildman–Crippen LogP) is 1.89. The Morgan fingerprint density at radius 1 is 1.53 bits per heavy atom. The molecule has 0 fully saturated rings. The zero-order valence-corrected chi connectivity index (χ0v) is 11.4. The molecule has 2 N–H and O–H groups in total. The molecule has 0 spiro atoms. The third-order valence-corrected chi connectivity index (χ3v) is 3.46. The first kappa shape index (κ1) is 14.2. The molecule has 0 aliphatic carbocycles. The summed E-state index contributed by atoms with van der Waals surface area (Å²) in [5, 5.41) is 4.16. The largest absolute Gasteiger partial charge is 0.374 e. The van der Waals surface area contributed by atoms with E-state index in [1.54, 1.807) is 0 Å². The molecule has 0 aliphatic heterocycles. The van der Waals surface area contributed by atoms with E-state index < -0.39 is 0 Å². The van der Waals surface area contributed by atoms with Gasteiger partial charge in [-0.25, -0.2) is 0 Å². The third-order valence-electron chi connectivity index (χ3n) is 3.46. The van der Waals surface area contributed by atoms with Crippen LogP contribution in [0.4, 0.5) is 0 Å². The smallest absolute Gasteiger partial charge is 0.0802 e. The number of nitrogens with two attached hydrogens (primary N) is 1. The van der Waals surface area contributed by atoms with Crippen molar-refractivity contribution in [3.8, 4) is 0 Å². The molecule has 2 unspecified atom stereocenters. The molecule has 4 heteroatoms. The molecule has 1 aromatic rings. The molecule has 0 radical (unpaired) electrons. The van der Waals surface area contributed by atoms with E-state index in [0.29, 0.717) is 6.61 Å². The average molecular weight is 239 g/mol. The van der Waals surface area contributed by atoms with E-state index in [1.807, 2.05) is 31.0 Å². The summed E-state index contributed by atoms with van der Waals surface area (Å²) in [6.07, 6.45) is 6.76. The van der Waals surface area contributed by atoms with Crippen LogP contribution < -0.4 is 5.73 Å². The molecule has 0 amide bonds. The summed E-state index contributed by atoms with van der Waals surface area (Å²) in [4.78, 5) is 0. The van der Waals surface area contributed by atoms with Crippen molar-refractivity contribution in [3.63, 3.8) is 0 Å². The number of rotatable bonds is 7. The summed E-state index contributed by atoms with van der Waals surface area (Å²) >= 11 is 0. The van der Waals surface area contributed by atoms with Crippen LogP contribution in [-0.4, -0.2) is 28.0 Å². The molecule has 98 valence electrons. The standard InChI is InChI=1S/C13H25N3O/c1-5-13(3,17-6-2)12(14)8-7-11-9-15-16(4)10-11/h9-10,12H,5-8,14H2,1-4H3. The van der Waals surface area contributed by atoms with Crippen molar-refractivity contribution < 1.29 is 4.74 Å². The molecule has 0 saturated carbocycles. The van der Waals surface area contributed by atoms with Crippen LogP contribution in [0.1, 0.15) is 39.2 Å². The fourth-order valence-corrected chi connectivity index (χ4v) is 2.03. The van der Waals surface area contributed by atoms with Gasteiger partial charge in [-0.3, -0.25) is 4.68 Å². The van der Waals surface area contributed by atoms with Crippen molar-refractivity contribution in [2.45, 2.75) is 51.7 Å². The zero-order chi connectivity index (χ0) is 12.9. The summed E-state index contributed by atoms with van der Waals surface area (Å²) in [5.41, 5.74) is 7.27. The van der Waals surface area contributed by atoms with Crippen LogP contribution in [-0.2, 0) is 18.2 Å². The van der Waals surface area contributed by atoms with Gasteiger partial charge in [0, 0.05) is 25.9 Å². The fourth-order valence-electron chi connectivity index (χ4n) is 2.03. The highest BCUT2D eigenvalue weighted by atomic mass is 16.5. The Morgan fingerprint density at radius 2 is 2.24 bits per heavy atom. The van der Waals surface area contributed by atoms with Crippen molar-refractivity contribution in [2.24, 2.45) is 12.8 Å². The lowest BCUT2D eigenvalue weighted by molar-refractivity contribution is -0.0478. The highest BCUT2D eigenvalue weighted by molar-refractivity contribution is 5.04. The fraction of sp³-hybridized carbons (Fsp3) is 0.769. The minimum atomic E-state index is -0.211. The first-order valence-corrected chi connectivity index (χ1v) is 6.39. The second-order valence-corrected chi connectivity index (χ2v) is 4.77. The molecule has 17 heavy (non-hydrogen) atoms. The lowest BCUT2D eigenvalue weighted by Gasteiger charge is -2.34. The predicted molar refractivity (Wildman–Crippen MR) is 69.8 cm³/mol. The van der Waals surface area contributed by atoms with Gasteiger partial charge in [0.1, 0.15) is 0 Å². The van der Waals surface area contributed by atoms with E-state index in [4.69, 9.17) is 10.5 Å². The van der Waals surface area contributed by atoms with Gasteiger partial charge in [0.05, 0.1) is 11.8 Å². The van der Waals surface area contributed by atoms with Crippen molar-refractivity contribution in [2.75, 3.05) is 6.61 Å². The number of nitrogens with zero attached hydrogens (tertiary/aromatic N) is 2. The molecule has 0 aromatic carbocycles. The molecule has 1 heterocycles. The van der Waals surface area contributed by atoms with Crippen LogP contribution >= 0.6 is 0 Å². The maximum Gasteiger partial charge on any atom is 0.0802 e. The van der Waals surface area contributed by atoms with Crippen molar-refractivity contribution in [1.82, 2.24) is 9.78 Å². The number of hydrogen-bond acceptors (Lipinski definition) is 3. The Balaban J connectivity index is 2.50. The lowest BCUT2D eigenvalue weighted by Crippen LogP contribution is -2.47. The van der Waals surface area contributed by atoms with E-state index in [2.05, 4.69) is 18.9 Å². The maximum absolute atomic E-state index is 6.25. The van der Waals surface area contributed by atoms with Gasteiger partial charge in [0.2, 0.25) is 0 Å². The molecular formula is C13H25N3O. The van der Waals surface area contributed by atoms with Crippen LogP contribution in [0.3, 0.4) is 0 Å². The lowest BCUT2D eigenvalue weighted by atomic mass is 9.89. The highest BCUT2D eigenvalue weighted by Gasteiger charge is 2.29. The molecule has 0 aliphatic rings. The third kappa shape index (κ3) is 3.82. The maximum atomic E-state index is 6.25. The molecular weight excluding hydrogens is 214 g/mol. The van der Waals surface area contributed by atoms with E-state index in [-0.39, 0.29) is 11.6 Å². The molecule has 1 aromatic heterocycles. The zero-order valence-electron chi connectivity index (χ0n) is 11.4. The van der Waals surface area contributed by atoms with E-state index in [9.17, 15) is 0 Å². The number of ether oxygens (including phenoxy) is 1. The number of aryl methyl sites for hydroxylation is 2. The van der Waals surface area contributed by atoms with Gasteiger partial charge in [0.25, 0.3) is 0 Å². The molecule has 0 saturated heterocycles. The van der Waals surface area contributed by atoms with Gasteiger partial charge >= 0.3 is 0 Å². The monoisotopic (exact) mass is 239 g/mol. The Morgan fingerprint density at radius 3 is 2.71 bits per heavy atom. The van der Waals surface area contributed by atoms with Crippen LogP contribution in [0.15, 0.2) is 12.4 Å². The highest BCUT2D eigenvalue weighted by Crippen LogP contribution is 2.22. The summed E-state index contributed by atoms with van der Waals surface area (Å²) in [6.45, 7) is 6.96. The van der Waals surface area contributed by atoms with E-state index in [0.717, 1.165) is 19.3 Å². The van der Waals surface area contributed by atoms with Gasteiger partial charge in [-0.05, 0) is 38.7 Å². The summed E-state index contributed by atoms with van der Waals surface area (Å²) < 4.78 is 7.61. The van der Waals surface area contributed by atoms with Crippen molar-refractivity contribution in [1.29, 1.82) is 0 Å². The molecule has 4 nitrogen and oxygen atoms in total. The van der Waals surface area contributed by atoms with Crippen molar-refractivity contribution >= 4 is 0 Å². The van der Waals surface area contributed by atoms with Crippen LogP contribution in [0, 0.1) is 0 Å². The summed E-state index contributed by atoms with van der Waals surface area (Å²) in [7, 11) is 1.93. The topological polar surface area (TPSA) is 53.1 Å². The van der Waals surface area contributed by atoms with Gasteiger partial charge in [-0.15, -0.1) is 0 Å². The van der Waals surface area contributed by atoms with Crippen LogP contribution in [0.2, 0.25) is 0 Å². The number of hydrogen-bond donors (Lipinski definition) is 1. The van der Waals surface area contributed by atoms with Crippen LogP contribution in [0.25, 0.3) is 0 Å². The minimum absolute atomic E-state index is 0.0626. The Kier molecular flexibility index (Phi) is 5.15. The Labute approximate surface area is 104 Å². The number of aromatic nitrogens is 2. The summed E-state index contributed by atoms with van der Waals surface area (Å²) in [5.74, 6) is 0. The second kappa shape index (κ2) is 6.17.